The van der Waals surface area contributed by atoms with Crippen LogP contribution in [-0.2, 0) is 6.18 Å². The fraction of sp³-hybridized carbons (Fsp3) is 0.500. The van der Waals surface area contributed by atoms with E-state index >= 15 is 0 Å². The highest BCUT2D eigenvalue weighted by Crippen LogP contribution is 2.36. The zero-order chi connectivity index (χ0) is 14.2. The van der Waals surface area contributed by atoms with Crippen LogP contribution in [-0.4, -0.2) is 5.11 Å². The highest BCUT2D eigenvalue weighted by molar-refractivity contribution is 5.38. The van der Waals surface area contributed by atoms with Crippen molar-refractivity contribution < 1.29 is 22.7 Å². The monoisotopic (exact) mass is 254 g/mol. The molecule has 0 amide bonds. The zero-order valence-electron chi connectivity index (χ0n) is 10.6. The summed E-state index contributed by atoms with van der Waals surface area (Å²) in [7, 11) is 0. The molecular formula is C12H18F4O. The van der Waals surface area contributed by atoms with Crippen LogP contribution in [0.15, 0.2) is 12.1 Å². The third-order valence-electron chi connectivity index (χ3n) is 1.58. The maximum absolute atomic E-state index is 12.6. The molecule has 0 radical (unpaired) electrons. The molecule has 0 bridgehead atoms. The fourth-order valence-corrected chi connectivity index (χ4v) is 0.898. The van der Waals surface area contributed by atoms with E-state index in [0.717, 1.165) is 0 Å². The third-order valence-corrected chi connectivity index (χ3v) is 1.58. The number of hydrogen-bond acceptors (Lipinski definition) is 1. The van der Waals surface area contributed by atoms with Gasteiger partial charge in [-0.3, -0.25) is 0 Å². The van der Waals surface area contributed by atoms with Gasteiger partial charge in [0.1, 0.15) is 11.6 Å². The van der Waals surface area contributed by atoms with E-state index in [2.05, 4.69) is 0 Å². The SMILES string of the molecule is CC.CC.Cc1cc(C(F)(F)F)c(O)cc1F. The van der Waals surface area contributed by atoms with E-state index in [0.29, 0.717) is 12.1 Å². The molecule has 1 aromatic carbocycles. The lowest BCUT2D eigenvalue weighted by Crippen LogP contribution is -2.06. The van der Waals surface area contributed by atoms with Crippen molar-refractivity contribution in [3.8, 4) is 5.75 Å². The first-order valence-corrected chi connectivity index (χ1v) is 5.38. The average molecular weight is 254 g/mol. The van der Waals surface area contributed by atoms with Gasteiger partial charge >= 0.3 is 6.18 Å². The van der Waals surface area contributed by atoms with Crippen molar-refractivity contribution in [3.63, 3.8) is 0 Å². The molecule has 1 N–H and O–H groups in total. The van der Waals surface area contributed by atoms with Crippen molar-refractivity contribution in [1.29, 1.82) is 0 Å². The minimum Gasteiger partial charge on any atom is -0.507 e. The largest absolute Gasteiger partial charge is 0.507 e. The van der Waals surface area contributed by atoms with Gasteiger partial charge in [0, 0.05) is 6.07 Å². The van der Waals surface area contributed by atoms with Gasteiger partial charge in [-0.2, -0.15) is 13.2 Å². The molecule has 0 aliphatic carbocycles. The number of hydrogen-bond donors (Lipinski definition) is 1. The maximum atomic E-state index is 12.6. The van der Waals surface area contributed by atoms with Crippen LogP contribution in [0.4, 0.5) is 17.6 Å². The van der Waals surface area contributed by atoms with Crippen LogP contribution in [0.1, 0.15) is 38.8 Å². The Morgan fingerprint density at radius 3 is 1.76 bits per heavy atom. The predicted octanol–water partition coefficient (Wildman–Crippen LogP) is 4.91. The molecule has 0 aromatic heterocycles. The average Bonchev–Trinajstić information content (AvgIpc) is 2.27. The van der Waals surface area contributed by atoms with Crippen LogP contribution in [0.5, 0.6) is 5.75 Å². The number of rotatable bonds is 0. The molecule has 5 heteroatoms. The smallest absolute Gasteiger partial charge is 0.419 e. The van der Waals surface area contributed by atoms with Gasteiger partial charge in [-0.1, -0.05) is 27.7 Å². The van der Waals surface area contributed by atoms with Crippen molar-refractivity contribution >= 4 is 0 Å². The van der Waals surface area contributed by atoms with Gasteiger partial charge in [-0.15, -0.1) is 0 Å². The van der Waals surface area contributed by atoms with E-state index in [4.69, 9.17) is 5.11 Å². The van der Waals surface area contributed by atoms with Crippen LogP contribution < -0.4 is 0 Å². The standard InChI is InChI=1S/C8H6F4O.2C2H6/c1-4-2-5(8(10,11)12)7(13)3-6(4)9;2*1-2/h2-3,13H,1H3;2*1-2H3. The fourth-order valence-electron chi connectivity index (χ4n) is 0.898. The number of phenolic OH excluding ortho intramolecular Hbond substituents is 1. The van der Waals surface area contributed by atoms with Gasteiger partial charge in [-0.25, -0.2) is 4.39 Å². The molecule has 0 saturated carbocycles. The lowest BCUT2D eigenvalue weighted by atomic mass is 10.1. The Kier molecular flexibility index (Phi) is 8.44. The minimum atomic E-state index is -4.65. The summed E-state index contributed by atoms with van der Waals surface area (Å²) >= 11 is 0. The Balaban J connectivity index is 0. The second-order valence-electron chi connectivity index (χ2n) is 2.62. The van der Waals surface area contributed by atoms with Crippen molar-refractivity contribution in [2.45, 2.75) is 40.8 Å². The molecular weight excluding hydrogens is 236 g/mol. The summed E-state index contributed by atoms with van der Waals surface area (Å²) in [6.45, 7) is 9.20. The lowest BCUT2D eigenvalue weighted by molar-refractivity contribution is -0.138. The Morgan fingerprint density at radius 1 is 1.00 bits per heavy atom. The van der Waals surface area contributed by atoms with Crippen LogP contribution in [0, 0.1) is 12.7 Å². The van der Waals surface area contributed by atoms with E-state index in [1.54, 1.807) is 0 Å². The van der Waals surface area contributed by atoms with Gasteiger partial charge in [0.05, 0.1) is 5.56 Å². The second-order valence-corrected chi connectivity index (χ2v) is 2.62. The zero-order valence-corrected chi connectivity index (χ0v) is 10.6. The first-order valence-electron chi connectivity index (χ1n) is 5.38. The molecule has 0 saturated heterocycles. The van der Waals surface area contributed by atoms with Crippen molar-refractivity contribution in [2.24, 2.45) is 0 Å². The molecule has 0 atom stereocenters. The van der Waals surface area contributed by atoms with Crippen LogP contribution in [0.3, 0.4) is 0 Å². The van der Waals surface area contributed by atoms with E-state index in [1.807, 2.05) is 27.7 Å². The number of halogens is 4. The molecule has 0 spiro atoms. The number of alkyl halides is 3. The predicted molar refractivity (Wildman–Crippen MR) is 60.5 cm³/mol. The summed E-state index contributed by atoms with van der Waals surface area (Å²) in [6.07, 6.45) is -4.65. The summed E-state index contributed by atoms with van der Waals surface area (Å²) in [5.74, 6) is -1.94. The number of phenols is 1. The van der Waals surface area contributed by atoms with E-state index in [9.17, 15) is 17.6 Å². The Bertz CT molecular complexity index is 332. The summed E-state index contributed by atoms with van der Waals surface area (Å²) in [5, 5.41) is 8.79. The number of benzene rings is 1. The van der Waals surface area contributed by atoms with Crippen molar-refractivity contribution in [3.05, 3.63) is 29.1 Å². The Labute approximate surface area is 99.1 Å². The molecule has 0 unspecified atom stereocenters. The summed E-state index contributed by atoms with van der Waals surface area (Å²) < 4.78 is 48.9. The van der Waals surface area contributed by atoms with Crippen molar-refractivity contribution in [1.82, 2.24) is 0 Å². The molecule has 100 valence electrons. The minimum absolute atomic E-state index is 0.148. The van der Waals surface area contributed by atoms with Crippen molar-refractivity contribution in [2.75, 3.05) is 0 Å². The summed E-state index contributed by atoms with van der Waals surface area (Å²) in [4.78, 5) is 0. The third kappa shape index (κ3) is 5.56. The van der Waals surface area contributed by atoms with Crippen LogP contribution >= 0.6 is 0 Å². The summed E-state index contributed by atoms with van der Waals surface area (Å²) in [5.41, 5.74) is -1.36. The van der Waals surface area contributed by atoms with E-state index in [-0.39, 0.29) is 5.56 Å². The van der Waals surface area contributed by atoms with Crippen LogP contribution in [0.25, 0.3) is 0 Å². The molecule has 0 fully saturated rings. The Hall–Kier alpha value is -1.26. The highest BCUT2D eigenvalue weighted by Gasteiger charge is 2.34. The van der Waals surface area contributed by atoms with Crippen LogP contribution in [0.2, 0.25) is 0 Å². The number of aryl methyl sites for hydroxylation is 1. The topological polar surface area (TPSA) is 20.2 Å². The maximum Gasteiger partial charge on any atom is 0.419 e. The molecule has 0 heterocycles. The first-order chi connectivity index (χ1) is 7.82. The normalized spacial score (nSPS) is 9.71. The van der Waals surface area contributed by atoms with E-state index < -0.39 is 23.3 Å². The van der Waals surface area contributed by atoms with Gasteiger partial charge in [0.2, 0.25) is 0 Å². The molecule has 0 aliphatic rings. The quantitative estimate of drug-likeness (QED) is 0.652. The van der Waals surface area contributed by atoms with Gasteiger partial charge < -0.3 is 5.11 Å². The lowest BCUT2D eigenvalue weighted by Gasteiger charge is -2.09. The first kappa shape index (κ1) is 18.1. The molecule has 1 nitrogen and oxygen atoms in total. The van der Waals surface area contributed by atoms with Gasteiger partial charge in [0.25, 0.3) is 0 Å². The van der Waals surface area contributed by atoms with Gasteiger partial charge in [0.15, 0.2) is 0 Å². The Morgan fingerprint density at radius 2 is 1.41 bits per heavy atom. The molecule has 0 aliphatic heterocycles. The van der Waals surface area contributed by atoms with E-state index in [1.165, 1.54) is 6.92 Å². The molecule has 17 heavy (non-hydrogen) atoms. The van der Waals surface area contributed by atoms with Gasteiger partial charge in [-0.05, 0) is 18.6 Å². The summed E-state index contributed by atoms with van der Waals surface area (Å²) in [6, 6.07) is 1.03. The number of aromatic hydroxyl groups is 1. The second kappa shape index (κ2) is 7.92. The highest BCUT2D eigenvalue weighted by atomic mass is 19.4. The molecule has 1 aromatic rings. The molecule has 1 rings (SSSR count).